The zero-order valence-corrected chi connectivity index (χ0v) is 10.1. The van der Waals surface area contributed by atoms with Crippen LogP contribution < -0.4 is 5.32 Å². The van der Waals surface area contributed by atoms with Gasteiger partial charge in [0.15, 0.2) is 5.13 Å². The topological polar surface area (TPSA) is 51.2 Å². The van der Waals surface area contributed by atoms with E-state index in [4.69, 9.17) is 0 Å². The number of hydrogen-bond donors (Lipinski definition) is 1. The Balaban J connectivity index is 2.26. The summed E-state index contributed by atoms with van der Waals surface area (Å²) in [5, 5.41) is 4.20. The van der Waals surface area contributed by atoms with Crippen molar-refractivity contribution in [2.24, 2.45) is 0 Å². The average molecular weight is 270 g/mol. The Morgan fingerprint density at radius 3 is 2.89 bits per heavy atom. The fourth-order valence-corrected chi connectivity index (χ4v) is 1.99. The number of carbonyl (C=O) groups is 1. The van der Waals surface area contributed by atoms with Gasteiger partial charge in [0.05, 0.1) is 12.8 Å². The lowest BCUT2D eigenvalue weighted by Gasteiger charge is -1.99. The maximum atomic E-state index is 13.5. The summed E-state index contributed by atoms with van der Waals surface area (Å²) in [4.78, 5) is 15.0. The van der Waals surface area contributed by atoms with Gasteiger partial charge in [-0.15, -0.1) is 11.3 Å². The smallest absolute Gasteiger partial charge is 0.413 e. The number of hydrogen-bond acceptors (Lipinski definition) is 4. The Hall–Kier alpha value is -2.02. The Morgan fingerprint density at radius 1 is 1.44 bits per heavy atom. The van der Waals surface area contributed by atoms with E-state index in [1.165, 1.54) is 13.2 Å². The Kier molecular flexibility index (Phi) is 3.52. The number of nitrogens with zero attached hydrogens (tertiary/aromatic N) is 1. The summed E-state index contributed by atoms with van der Waals surface area (Å²) in [5.41, 5.74) is 0.495. The molecule has 0 aliphatic carbocycles. The number of thiazole rings is 1. The molecule has 1 aromatic carbocycles. The minimum atomic E-state index is -0.704. The number of aromatic nitrogens is 1. The lowest BCUT2D eigenvalue weighted by atomic mass is 10.1. The molecule has 0 saturated carbocycles. The van der Waals surface area contributed by atoms with Crippen molar-refractivity contribution in [2.75, 3.05) is 12.4 Å². The molecule has 18 heavy (non-hydrogen) atoms. The highest BCUT2D eigenvalue weighted by Gasteiger charge is 2.11. The van der Waals surface area contributed by atoms with E-state index in [9.17, 15) is 13.6 Å². The molecule has 1 aromatic heterocycles. The summed E-state index contributed by atoms with van der Waals surface area (Å²) >= 11 is 1.12. The molecule has 0 aliphatic rings. The lowest BCUT2D eigenvalue weighted by molar-refractivity contribution is 0.187. The lowest BCUT2D eigenvalue weighted by Crippen LogP contribution is -2.10. The minimum absolute atomic E-state index is 0.172. The highest BCUT2D eigenvalue weighted by molar-refractivity contribution is 7.14. The summed E-state index contributed by atoms with van der Waals surface area (Å²) in [6.07, 6.45) is -0.657. The SMILES string of the molecule is COC(=O)Nc1nc(-c2ccc(F)cc2F)cs1. The average Bonchev–Trinajstić information content (AvgIpc) is 2.77. The fraction of sp³-hybridized carbons (Fsp3) is 0.0909. The highest BCUT2D eigenvalue weighted by Crippen LogP contribution is 2.27. The zero-order chi connectivity index (χ0) is 13.1. The summed E-state index contributed by atoms with van der Waals surface area (Å²) in [6, 6.07) is 3.22. The van der Waals surface area contributed by atoms with Crippen LogP contribution in [0.4, 0.5) is 18.7 Å². The number of amides is 1. The van der Waals surface area contributed by atoms with Crippen molar-refractivity contribution in [2.45, 2.75) is 0 Å². The van der Waals surface area contributed by atoms with Gasteiger partial charge in [0.2, 0.25) is 0 Å². The van der Waals surface area contributed by atoms with Crippen molar-refractivity contribution < 1.29 is 18.3 Å². The number of anilines is 1. The van der Waals surface area contributed by atoms with Crippen molar-refractivity contribution in [3.63, 3.8) is 0 Å². The van der Waals surface area contributed by atoms with Crippen molar-refractivity contribution in [1.29, 1.82) is 0 Å². The second kappa shape index (κ2) is 5.09. The van der Waals surface area contributed by atoms with E-state index < -0.39 is 17.7 Å². The van der Waals surface area contributed by atoms with Gasteiger partial charge in [-0.25, -0.2) is 18.6 Å². The molecule has 2 rings (SSSR count). The Morgan fingerprint density at radius 2 is 2.22 bits per heavy atom. The van der Waals surface area contributed by atoms with Gasteiger partial charge in [0, 0.05) is 17.0 Å². The van der Waals surface area contributed by atoms with Crippen LogP contribution in [0.3, 0.4) is 0 Å². The predicted molar refractivity (Wildman–Crippen MR) is 63.5 cm³/mol. The van der Waals surface area contributed by atoms with Gasteiger partial charge < -0.3 is 4.74 Å². The van der Waals surface area contributed by atoms with Gasteiger partial charge >= 0.3 is 6.09 Å². The van der Waals surface area contributed by atoms with Gasteiger partial charge in [-0.3, -0.25) is 5.32 Å². The van der Waals surface area contributed by atoms with Crippen LogP contribution in [0.5, 0.6) is 0 Å². The van der Waals surface area contributed by atoms with Crippen LogP contribution in [0.2, 0.25) is 0 Å². The standard InChI is InChI=1S/C11H8F2N2O2S/c1-17-11(16)15-10-14-9(5-18-10)7-3-2-6(12)4-8(7)13/h2-5H,1H3,(H,14,15,16). The van der Waals surface area contributed by atoms with Crippen LogP contribution in [0.1, 0.15) is 0 Å². The molecule has 7 heteroatoms. The van der Waals surface area contributed by atoms with Gasteiger partial charge in [-0.1, -0.05) is 0 Å². The third kappa shape index (κ3) is 2.62. The monoisotopic (exact) mass is 270 g/mol. The van der Waals surface area contributed by atoms with Crippen molar-refractivity contribution in [3.8, 4) is 11.3 Å². The Bertz CT molecular complexity index is 586. The predicted octanol–water partition coefficient (Wildman–Crippen LogP) is 3.27. The van der Waals surface area contributed by atoms with E-state index in [1.54, 1.807) is 5.38 Å². The molecule has 0 saturated heterocycles. The molecule has 0 spiro atoms. The molecule has 1 heterocycles. The molecule has 94 valence electrons. The van der Waals surface area contributed by atoms with E-state index in [-0.39, 0.29) is 10.7 Å². The van der Waals surface area contributed by atoms with E-state index in [0.717, 1.165) is 23.5 Å². The van der Waals surface area contributed by atoms with E-state index >= 15 is 0 Å². The first-order valence-electron chi connectivity index (χ1n) is 4.86. The fourth-order valence-electron chi connectivity index (χ4n) is 1.29. The molecule has 0 fully saturated rings. The first kappa shape index (κ1) is 12.4. The number of benzene rings is 1. The number of ether oxygens (including phenoxy) is 1. The summed E-state index contributed by atoms with van der Waals surface area (Å²) in [7, 11) is 1.23. The van der Waals surface area contributed by atoms with Gasteiger partial charge in [0.1, 0.15) is 11.6 Å². The minimum Gasteiger partial charge on any atom is -0.453 e. The number of rotatable bonds is 2. The molecular weight excluding hydrogens is 262 g/mol. The molecule has 0 unspecified atom stereocenters. The van der Waals surface area contributed by atoms with Gasteiger partial charge in [0.25, 0.3) is 0 Å². The summed E-state index contributed by atoms with van der Waals surface area (Å²) < 4.78 is 30.6. The third-order valence-corrected chi connectivity index (χ3v) is 2.86. The number of halogens is 2. The first-order valence-corrected chi connectivity index (χ1v) is 5.74. The largest absolute Gasteiger partial charge is 0.453 e. The van der Waals surface area contributed by atoms with Gasteiger partial charge in [-0.2, -0.15) is 0 Å². The number of nitrogens with one attached hydrogen (secondary N) is 1. The van der Waals surface area contributed by atoms with Crippen molar-refractivity contribution in [3.05, 3.63) is 35.2 Å². The third-order valence-electron chi connectivity index (χ3n) is 2.11. The second-order valence-corrected chi connectivity index (χ2v) is 4.14. The maximum Gasteiger partial charge on any atom is 0.413 e. The number of methoxy groups -OCH3 is 1. The molecule has 0 radical (unpaired) electrons. The van der Waals surface area contributed by atoms with E-state index in [0.29, 0.717) is 5.69 Å². The molecule has 0 aliphatic heterocycles. The number of carbonyl (C=O) groups excluding carboxylic acids is 1. The summed E-state index contributed by atoms with van der Waals surface area (Å²) in [6.45, 7) is 0. The van der Waals surface area contributed by atoms with Crippen molar-refractivity contribution >= 4 is 22.6 Å². The molecule has 4 nitrogen and oxygen atoms in total. The zero-order valence-electron chi connectivity index (χ0n) is 9.24. The molecule has 0 bridgehead atoms. The molecule has 0 atom stereocenters. The molecule has 1 amide bonds. The summed E-state index contributed by atoms with van der Waals surface area (Å²) in [5.74, 6) is -1.36. The van der Waals surface area contributed by atoms with E-state index in [2.05, 4.69) is 15.0 Å². The normalized spacial score (nSPS) is 10.2. The van der Waals surface area contributed by atoms with Crippen LogP contribution in [-0.4, -0.2) is 18.2 Å². The van der Waals surface area contributed by atoms with Crippen LogP contribution >= 0.6 is 11.3 Å². The van der Waals surface area contributed by atoms with Crippen LogP contribution in [0, 0.1) is 11.6 Å². The van der Waals surface area contributed by atoms with Crippen LogP contribution in [0.15, 0.2) is 23.6 Å². The quantitative estimate of drug-likeness (QED) is 0.911. The molecular formula is C11H8F2N2O2S. The van der Waals surface area contributed by atoms with Gasteiger partial charge in [-0.05, 0) is 12.1 Å². The van der Waals surface area contributed by atoms with Crippen molar-refractivity contribution in [1.82, 2.24) is 4.98 Å². The van der Waals surface area contributed by atoms with Crippen LogP contribution in [0.25, 0.3) is 11.3 Å². The Labute approximate surface area is 105 Å². The van der Waals surface area contributed by atoms with Crippen LogP contribution in [-0.2, 0) is 4.74 Å². The maximum absolute atomic E-state index is 13.5. The van der Waals surface area contributed by atoms with E-state index in [1.807, 2.05) is 0 Å². The second-order valence-electron chi connectivity index (χ2n) is 3.28. The molecule has 1 N–H and O–H groups in total. The molecule has 2 aromatic rings. The highest BCUT2D eigenvalue weighted by atomic mass is 32.1. The first-order chi connectivity index (χ1) is 8.60.